The second-order valence-electron chi connectivity index (χ2n) is 8.84. The Morgan fingerprint density at radius 2 is 1.41 bits per heavy atom. The van der Waals surface area contributed by atoms with Crippen molar-refractivity contribution in [3.8, 4) is 39.1 Å². The van der Waals surface area contributed by atoms with E-state index >= 15 is 0 Å². The topological polar surface area (TPSA) is 20.2 Å². The van der Waals surface area contributed by atoms with Crippen LogP contribution in [0.4, 0.5) is 0 Å². The predicted octanol–water partition coefficient (Wildman–Crippen LogP) is 8.42. The molecular formula is C31H30O. The Kier molecular flexibility index (Phi) is 5.81. The zero-order valence-electron chi connectivity index (χ0n) is 18.8. The molecule has 0 bridgehead atoms. The molecule has 0 radical (unpaired) electrons. The molecule has 0 aromatic heterocycles. The van der Waals surface area contributed by atoms with Gasteiger partial charge in [0.2, 0.25) is 0 Å². The van der Waals surface area contributed by atoms with Gasteiger partial charge in [0.05, 0.1) is 0 Å². The lowest BCUT2D eigenvalue weighted by atomic mass is 9.85. The fourth-order valence-electron chi connectivity index (χ4n) is 5.18. The number of fused-ring (bicyclic) bond motifs is 3. The van der Waals surface area contributed by atoms with E-state index in [1.54, 1.807) is 0 Å². The van der Waals surface area contributed by atoms with Crippen LogP contribution in [-0.2, 0) is 12.8 Å². The summed E-state index contributed by atoms with van der Waals surface area (Å²) < 4.78 is 0. The van der Waals surface area contributed by atoms with E-state index in [0.29, 0.717) is 5.75 Å². The van der Waals surface area contributed by atoms with E-state index in [2.05, 4.69) is 79.7 Å². The van der Waals surface area contributed by atoms with E-state index in [9.17, 15) is 5.11 Å². The van der Waals surface area contributed by atoms with Crippen molar-refractivity contribution in [1.82, 2.24) is 0 Å². The monoisotopic (exact) mass is 418 g/mol. The Hall–Kier alpha value is -3.32. The molecule has 0 atom stereocenters. The zero-order chi connectivity index (χ0) is 21.9. The molecule has 0 spiro atoms. The molecule has 0 unspecified atom stereocenters. The number of hydrogen-bond acceptors (Lipinski definition) is 1. The highest BCUT2D eigenvalue weighted by atomic mass is 16.3. The third-order valence-electron chi connectivity index (χ3n) is 6.75. The highest BCUT2D eigenvalue weighted by Gasteiger charge is 2.25. The van der Waals surface area contributed by atoms with E-state index < -0.39 is 0 Å². The molecular weight excluding hydrogens is 388 g/mol. The fourth-order valence-corrected chi connectivity index (χ4v) is 5.18. The summed E-state index contributed by atoms with van der Waals surface area (Å²) in [4.78, 5) is 0. The number of aromatic hydroxyl groups is 1. The molecule has 5 rings (SSSR count). The highest BCUT2D eigenvalue weighted by Crippen LogP contribution is 2.47. The third kappa shape index (κ3) is 3.73. The minimum Gasteiger partial charge on any atom is -0.507 e. The Morgan fingerprint density at radius 3 is 2.25 bits per heavy atom. The van der Waals surface area contributed by atoms with E-state index in [4.69, 9.17) is 0 Å². The van der Waals surface area contributed by atoms with Crippen molar-refractivity contribution in [3.63, 3.8) is 0 Å². The Morgan fingerprint density at radius 1 is 0.656 bits per heavy atom. The quantitative estimate of drug-likeness (QED) is 0.263. The normalized spacial score (nSPS) is 11.9. The van der Waals surface area contributed by atoms with Gasteiger partial charge in [0.25, 0.3) is 0 Å². The van der Waals surface area contributed by atoms with Crippen LogP contribution in [0, 0.1) is 0 Å². The number of phenolic OH excluding ortho intramolecular Hbond substituents is 1. The van der Waals surface area contributed by atoms with Gasteiger partial charge in [-0.2, -0.15) is 0 Å². The summed E-state index contributed by atoms with van der Waals surface area (Å²) in [6.07, 6.45) is 6.91. The van der Waals surface area contributed by atoms with E-state index in [1.165, 1.54) is 64.6 Å². The van der Waals surface area contributed by atoms with Gasteiger partial charge in [-0.3, -0.25) is 0 Å². The lowest BCUT2D eigenvalue weighted by molar-refractivity contribution is 0.477. The predicted molar refractivity (Wildman–Crippen MR) is 135 cm³/mol. The largest absolute Gasteiger partial charge is 0.507 e. The fraction of sp³-hybridized carbons (Fsp3) is 0.226. The minimum absolute atomic E-state index is 0.358. The molecule has 0 fully saturated rings. The van der Waals surface area contributed by atoms with Gasteiger partial charge in [-0.25, -0.2) is 0 Å². The van der Waals surface area contributed by atoms with Gasteiger partial charge in [-0.05, 0) is 69.8 Å². The highest BCUT2D eigenvalue weighted by molar-refractivity contribution is 5.94. The lowest BCUT2D eigenvalue weighted by Gasteiger charge is -2.20. The standard InChI is InChI=1S/C31H30O/c1-2-3-4-6-14-23-19-20-29(32)31(22-12-7-5-8-13-22)30(23)27-18-11-17-26-25-16-10-9-15-24(25)21-28(26)27/h5,7-13,15-20,32H,2-4,6,14,21H2,1H3. The summed E-state index contributed by atoms with van der Waals surface area (Å²) in [5.74, 6) is 0.358. The number of phenols is 1. The van der Waals surface area contributed by atoms with Crippen molar-refractivity contribution >= 4 is 0 Å². The molecule has 32 heavy (non-hydrogen) atoms. The number of aryl methyl sites for hydroxylation is 1. The first-order valence-corrected chi connectivity index (χ1v) is 11.9. The van der Waals surface area contributed by atoms with Crippen molar-refractivity contribution in [2.45, 2.75) is 45.4 Å². The lowest BCUT2D eigenvalue weighted by Crippen LogP contribution is -1.98. The van der Waals surface area contributed by atoms with Crippen LogP contribution < -0.4 is 0 Å². The first-order valence-electron chi connectivity index (χ1n) is 11.9. The summed E-state index contributed by atoms with van der Waals surface area (Å²) in [7, 11) is 0. The average Bonchev–Trinajstić information content (AvgIpc) is 3.22. The molecule has 4 aromatic carbocycles. The molecule has 4 aromatic rings. The molecule has 0 amide bonds. The number of rotatable bonds is 7. The van der Waals surface area contributed by atoms with Crippen molar-refractivity contribution in [3.05, 3.63) is 102 Å². The maximum absolute atomic E-state index is 11.1. The summed E-state index contributed by atoms with van der Waals surface area (Å²) >= 11 is 0. The maximum Gasteiger partial charge on any atom is 0.124 e. The smallest absolute Gasteiger partial charge is 0.124 e. The van der Waals surface area contributed by atoms with Crippen LogP contribution in [0.2, 0.25) is 0 Å². The molecule has 1 N–H and O–H groups in total. The van der Waals surface area contributed by atoms with Crippen LogP contribution in [0.25, 0.3) is 33.4 Å². The SMILES string of the molecule is CCCCCCc1ccc(O)c(-c2ccccc2)c1-c1cccc2c1Cc1ccccc1-2. The number of benzene rings is 4. The zero-order valence-corrected chi connectivity index (χ0v) is 18.8. The van der Waals surface area contributed by atoms with Crippen LogP contribution in [0.1, 0.15) is 49.3 Å². The van der Waals surface area contributed by atoms with Crippen LogP contribution in [0.15, 0.2) is 84.9 Å². The molecule has 160 valence electrons. The molecule has 0 saturated carbocycles. The van der Waals surface area contributed by atoms with Crippen molar-refractivity contribution in [1.29, 1.82) is 0 Å². The van der Waals surface area contributed by atoms with Gasteiger partial charge in [0.15, 0.2) is 0 Å². The Bertz CT molecular complexity index is 1240. The van der Waals surface area contributed by atoms with Gasteiger partial charge < -0.3 is 5.11 Å². The van der Waals surface area contributed by atoms with E-state index in [0.717, 1.165) is 24.0 Å². The van der Waals surface area contributed by atoms with E-state index in [-0.39, 0.29) is 0 Å². The molecule has 1 aliphatic carbocycles. The average molecular weight is 419 g/mol. The molecule has 0 heterocycles. The molecule has 1 aliphatic rings. The third-order valence-corrected chi connectivity index (χ3v) is 6.75. The molecule has 0 saturated heterocycles. The summed E-state index contributed by atoms with van der Waals surface area (Å²) in [5, 5.41) is 11.1. The van der Waals surface area contributed by atoms with Crippen LogP contribution in [0.3, 0.4) is 0 Å². The second-order valence-corrected chi connectivity index (χ2v) is 8.84. The summed E-state index contributed by atoms with van der Waals surface area (Å²) in [6.45, 7) is 2.25. The van der Waals surface area contributed by atoms with Crippen molar-refractivity contribution in [2.24, 2.45) is 0 Å². The molecule has 1 heteroatoms. The van der Waals surface area contributed by atoms with Gasteiger partial charge >= 0.3 is 0 Å². The number of hydrogen-bond donors (Lipinski definition) is 1. The minimum atomic E-state index is 0.358. The van der Waals surface area contributed by atoms with Crippen molar-refractivity contribution in [2.75, 3.05) is 0 Å². The van der Waals surface area contributed by atoms with Gasteiger partial charge in [-0.1, -0.05) is 105 Å². The van der Waals surface area contributed by atoms with Gasteiger partial charge in [0.1, 0.15) is 5.75 Å². The van der Waals surface area contributed by atoms with Gasteiger partial charge in [0, 0.05) is 5.56 Å². The van der Waals surface area contributed by atoms with Crippen LogP contribution in [0.5, 0.6) is 5.75 Å². The van der Waals surface area contributed by atoms with Crippen LogP contribution in [-0.4, -0.2) is 5.11 Å². The van der Waals surface area contributed by atoms with Crippen LogP contribution >= 0.6 is 0 Å². The van der Waals surface area contributed by atoms with E-state index in [1.807, 2.05) is 12.1 Å². The number of unbranched alkanes of at least 4 members (excludes halogenated alkanes) is 3. The Balaban J connectivity index is 1.70. The van der Waals surface area contributed by atoms with Crippen molar-refractivity contribution < 1.29 is 5.11 Å². The van der Waals surface area contributed by atoms with Gasteiger partial charge in [-0.15, -0.1) is 0 Å². The first kappa shape index (κ1) is 20.6. The summed E-state index contributed by atoms with van der Waals surface area (Å²) in [5.41, 5.74) is 11.3. The Labute approximate surface area is 191 Å². The summed E-state index contributed by atoms with van der Waals surface area (Å²) in [6, 6.07) is 29.8. The molecule has 0 aliphatic heterocycles. The maximum atomic E-state index is 11.1. The molecule has 1 nitrogen and oxygen atoms in total. The second kappa shape index (κ2) is 9.04. The first-order chi connectivity index (χ1) is 15.8.